The van der Waals surface area contributed by atoms with Crippen molar-refractivity contribution in [3.8, 4) is 5.95 Å². The molecule has 2 heterocycles. The Balaban J connectivity index is 2.23. The van der Waals surface area contributed by atoms with E-state index in [9.17, 15) is 4.79 Å². The van der Waals surface area contributed by atoms with Gasteiger partial charge in [-0.25, -0.2) is 4.98 Å². The molecule has 0 radical (unpaired) electrons. The van der Waals surface area contributed by atoms with Gasteiger partial charge in [0.2, 0.25) is 23.1 Å². The molecule has 1 unspecified atom stereocenters. The standard InChI is InChI=1S/C11H14ClN7O/c1-7(8(20)18(2)3)14-10-15-9(12)16-11(17-10)19-5-4-13-6-19/h4-7H,1-3H3,(H,14,15,16,17). The van der Waals surface area contributed by atoms with Gasteiger partial charge in [-0.2, -0.15) is 15.0 Å². The Labute approximate surface area is 120 Å². The second-order valence-electron chi connectivity index (χ2n) is 4.30. The number of nitrogens with zero attached hydrogens (tertiary/aromatic N) is 6. The van der Waals surface area contributed by atoms with Gasteiger partial charge >= 0.3 is 0 Å². The molecule has 0 bridgehead atoms. The predicted octanol–water partition coefficient (Wildman–Crippen LogP) is 0.599. The molecule has 1 amide bonds. The van der Waals surface area contributed by atoms with E-state index in [4.69, 9.17) is 11.6 Å². The highest BCUT2D eigenvalue weighted by atomic mass is 35.5. The van der Waals surface area contributed by atoms with Crippen molar-refractivity contribution in [2.75, 3.05) is 19.4 Å². The first kappa shape index (κ1) is 14.2. The van der Waals surface area contributed by atoms with Gasteiger partial charge in [0.15, 0.2) is 0 Å². The number of amides is 1. The summed E-state index contributed by atoms with van der Waals surface area (Å²) < 4.78 is 1.59. The second-order valence-corrected chi connectivity index (χ2v) is 4.63. The van der Waals surface area contributed by atoms with Crippen molar-refractivity contribution in [1.29, 1.82) is 0 Å². The van der Waals surface area contributed by atoms with Gasteiger partial charge in [-0.1, -0.05) is 0 Å². The summed E-state index contributed by atoms with van der Waals surface area (Å²) in [6.45, 7) is 1.72. The monoisotopic (exact) mass is 295 g/mol. The zero-order chi connectivity index (χ0) is 14.7. The van der Waals surface area contributed by atoms with E-state index in [2.05, 4.69) is 25.3 Å². The van der Waals surface area contributed by atoms with E-state index in [-0.39, 0.29) is 17.1 Å². The molecule has 0 aromatic carbocycles. The van der Waals surface area contributed by atoms with Gasteiger partial charge in [0, 0.05) is 26.5 Å². The summed E-state index contributed by atoms with van der Waals surface area (Å²) in [4.78, 5) is 29.3. The molecule has 2 rings (SSSR count). The third-order valence-electron chi connectivity index (χ3n) is 2.49. The van der Waals surface area contributed by atoms with Crippen LogP contribution >= 0.6 is 11.6 Å². The molecule has 0 spiro atoms. The Kier molecular flexibility index (Phi) is 4.14. The van der Waals surface area contributed by atoms with Crippen molar-refractivity contribution in [3.63, 3.8) is 0 Å². The summed E-state index contributed by atoms with van der Waals surface area (Å²) in [5.74, 6) is 0.469. The van der Waals surface area contributed by atoms with Gasteiger partial charge in [-0.15, -0.1) is 0 Å². The summed E-state index contributed by atoms with van der Waals surface area (Å²) in [6, 6.07) is -0.473. The lowest BCUT2D eigenvalue weighted by Crippen LogP contribution is -2.37. The van der Waals surface area contributed by atoms with Crippen LogP contribution in [0.15, 0.2) is 18.7 Å². The fraction of sp³-hybridized carbons (Fsp3) is 0.364. The molecule has 0 fully saturated rings. The van der Waals surface area contributed by atoms with Gasteiger partial charge in [-0.3, -0.25) is 9.36 Å². The number of carbonyl (C=O) groups excluding carboxylic acids is 1. The molecular formula is C11H14ClN7O. The molecule has 0 aliphatic heterocycles. The lowest BCUT2D eigenvalue weighted by Gasteiger charge is -2.18. The fourth-order valence-electron chi connectivity index (χ4n) is 1.54. The Morgan fingerprint density at radius 2 is 2.15 bits per heavy atom. The van der Waals surface area contributed by atoms with Crippen LogP contribution < -0.4 is 5.32 Å². The number of hydrogen-bond donors (Lipinski definition) is 1. The molecule has 0 saturated carbocycles. The highest BCUT2D eigenvalue weighted by Gasteiger charge is 2.16. The Morgan fingerprint density at radius 3 is 2.75 bits per heavy atom. The normalized spacial score (nSPS) is 12.0. The molecule has 9 heteroatoms. The maximum atomic E-state index is 11.8. The van der Waals surface area contributed by atoms with Gasteiger partial charge < -0.3 is 10.2 Å². The molecule has 2 aromatic rings. The molecule has 0 aliphatic rings. The smallest absolute Gasteiger partial charge is 0.244 e. The quantitative estimate of drug-likeness (QED) is 0.888. The second kappa shape index (κ2) is 5.83. The number of rotatable bonds is 4. The first-order valence-corrected chi connectivity index (χ1v) is 6.23. The maximum absolute atomic E-state index is 11.8. The van der Waals surface area contributed by atoms with Crippen LogP contribution in [0.2, 0.25) is 5.28 Å². The van der Waals surface area contributed by atoms with Crippen molar-refractivity contribution in [1.82, 2.24) is 29.4 Å². The van der Waals surface area contributed by atoms with E-state index < -0.39 is 6.04 Å². The van der Waals surface area contributed by atoms with Crippen LogP contribution in [0.1, 0.15) is 6.92 Å². The predicted molar refractivity (Wildman–Crippen MR) is 73.7 cm³/mol. The van der Waals surface area contributed by atoms with E-state index in [0.717, 1.165) is 0 Å². The van der Waals surface area contributed by atoms with Crippen LogP contribution in [0, 0.1) is 0 Å². The number of anilines is 1. The summed E-state index contributed by atoms with van der Waals surface area (Å²) >= 11 is 5.86. The number of imidazole rings is 1. The summed E-state index contributed by atoms with van der Waals surface area (Å²) in [6.07, 6.45) is 4.83. The largest absolute Gasteiger partial charge is 0.347 e. The van der Waals surface area contributed by atoms with Gasteiger partial charge in [0.25, 0.3) is 0 Å². The van der Waals surface area contributed by atoms with Crippen molar-refractivity contribution < 1.29 is 4.79 Å². The molecule has 20 heavy (non-hydrogen) atoms. The van der Waals surface area contributed by atoms with Gasteiger partial charge in [0.1, 0.15) is 12.4 Å². The Bertz CT molecular complexity index is 599. The van der Waals surface area contributed by atoms with E-state index in [1.54, 1.807) is 44.3 Å². The van der Waals surface area contributed by atoms with Gasteiger partial charge in [0.05, 0.1) is 0 Å². The number of likely N-dealkylation sites (N-methyl/N-ethyl adjacent to an activating group) is 1. The highest BCUT2D eigenvalue weighted by Crippen LogP contribution is 2.10. The number of halogens is 1. The van der Waals surface area contributed by atoms with Crippen molar-refractivity contribution in [2.24, 2.45) is 0 Å². The Morgan fingerprint density at radius 1 is 1.40 bits per heavy atom. The van der Waals surface area contributed by atoms with Crippen LogP contribution in [0.5, 0.6) is 0 Å². The maximum Gasteiger partial charge on any atom is 0.244 e. The lowest BCUT2D eigenvalue weighted by atomic mass is 10.3. The molecule has 1 atom stereocenters. The fourth-order valence-corrected chi connectivity index (χ4v) is 1.70. The first-order chi connectivity index (χ1) is 9.47. The van der Waals surface area contributed by atoms with E-state index in [1.807, 2.05) is 0 Å². The number of nitrogens with one attached hydrogen (secondary N) is 1. The SMILES string of the molecule is CC(Nc1nc(Cl)nc(-n2ccnc2)n1)C(=O)N(C)C. The highest BCUT2D eigenvalue weighted by molar-refractivity contribution is 6.28. The number of hydrogen-bond acceptors (Lipinski definition) is 6. The first-order valence-electron chi connectivity index (χ1n) is 5.85. The Hall–Kier alpha value is -2.22. The van der Waals surface area contributed by atoms with Crippen LogP contribution in [0.3, 0.4) is 0 Å². The number of carbonyl (C=O) groups is 1. The molecule has 0 saturated heterocycles. The molecule has 0 aliphatic carbocycles. The van der Waals surface area contributed by atoms with Crippen LogP contribution in [0.25, 0.3) is 5.95 Å². The van der Waals surface area contributed by atoms with Crippen molar-refractivity contribution >= 4 is 23.5 Å². The lowest BCUT2D eigenvalue weighted by molar-refractivity contribution is -0.129. The van der Waals surface area contributed by atoms with E-state index >= 15 is 0 Å². The zero-order valence-electron chi connectivity index (χ0n) is 11.3. The summed E-state index contributed by atoms with van der Waals surface area (Å²) in [5, 5.41) is 2.93. The zero-order valence-corrected chi connectivity index (χ0v) is 12.0. The minimum absolute atomic E-state index is 0.0377. The van der Waals surface area contributed by atoms with Gasteiger partial charge in [-0.05, 0) is 18.5 Å². The van der Waals surface area contributed by atoms with Crippen molar-refractivity contribution in [2.45, 2.75) is 13.0 Å². The average molecular weight is 296 g/mol. The summed E-state index contributed by atoms with van der Waals surface area (Å²) in [5.41, 5.74) is 0. The molecular weight excluding hydrogens is 282 g/mol. The van der Waals surface area contributed by atoms with Crippen LogP contribution in [-0.4, -0.2) is 55.4 Å². The average Bonchev–Trinajstić information content (AvgIpc) is 2.90. The topological polar surface area (TPSA) is 88.8 Å². The molecule has 8 nitrogen and oxygen atoms in total. The van der Waals surface area contributed by atoms with Crippen LogP contribution in [-0.2, 0) is 4.79 Å². The van der Waals surface area contributed by atoms with Crippen LogP contribution in [0.4, 0.5) is 5.95 Å². The minimum atomic E-state index is -0.473. The third kappa shape index (κ3) is 3.21. The number of aromatic nitrogens is 5. The summed E-state index contributed by atoms with van der Waals surface area (Å²) in [7, 11) is 3.36. The van der Waals surface area contributed by atoms with E-state index in [1.165, 1.54) is 4.90 Å². The van der Waals surface area contributed by atoms with E-state index in [0.29, 0.717) is 5.95 Å². The van der Waals surface area contributed by atoms with Crippen molar-refractivity contribution in [3.05, 3.63) is 24.0 Å². The third-order valence-corrected chi connectivity index (χ3v) is 2.66. The molecule has 2 aromatic heterocycles. The molecule has 1 N–H and O–H groups in total. The molecule has 106 valence electrons. The minimum Gasteiger partial charge on any atom is -0.347 e.